The fourth-order valence-corrected chi connectivity index (χ4v) is 0.353. The molecule has 0 aliphatic carbocycles. The fourth-order valence-electron chi connectivity index (χ4n) is 0.353. The van der Waals surface area contributed by atoms with E-state index in [0.29, 0.717) is 19.2 Å². The van der Waals surface area contributed by atoms with Gasteiger partial charge in [-0.1, -0.05) is 13.8 Å². The monoisotopic (exact) mass is 116 g/mol. The van der Waals surface area contributed by atoms with Gasteiger partial charge >= 0.3 is 0 Å². The third kappa shape index (κ3) is 2.50. The summed E-state index contributed by atoms with van der Waals surface area (Å²) in [6.45, 7) is 8.74. The van der Waals surface area contributed by atoms with E-state index in [4.69, 9.17) is 9.47 Å². The lowest BCUT2D eigenvalue weighted by atomic mass is 10.8. The van der Waals surface area contributed by atoms with Crippen LogP contribution in [0.2, 0.25) is 0 Å². The molecule has 0 spiro atoms. The van der Waals surface area contributed by atoms with Gasteiger partial charge < -0.3 is 9.47 Å². The van der Waals surface area contributed by atoms with E-state index in [-0.39, 0.29) is 0 Å². The third-order valence-corrected chi connectivity index (χ3v) is 0.609. The van der Waals surface area contributed by atoms with Crippen LogP contribution in [0.4, 0.5) is 0 Å². The largest absolute Gasteiger partial charge is 0.462 e. The van der Waals surface area contributed by atoms with E-state index >= 15 is 0 Å². The lowest BCUT2D eigenvalue weighted by molar-refractivity contribution is 0.178. The van der Waals surface area contributed by atoms with Crippen LogP contribution in [-0.2, 0) is 9.47 Å². The Morgan fingerprint density at radius 1 is 1.25 bits per heavy atom. The van der Waals surface area contributed by atoms with Gasteiger partial charge in [0.2, 0.25) is 0 Å². The molecule has 2 nitrogen and oxygen atoms in total. The molecule has 1 saturated heterocycles. The maximum atomic E-state index is 4.74. The number of ether oxygens (including phenoxy) is 2. The van der Waals surface area contributed by atoms with E-state index in [1.54, 1.807) is 0 Å². The molecule has 8 heavy (non-hydrogen) atoms. The Kier molecular flexibility index (Phi) is 4.13. The van der Waals surface area contributed by atoms with E-state index < -0.39 is 0 Å². The Hall–Kier alpha value is -0.660. The highest BCUT2D eigenvalue weighted by atomic mass is 16.7. The first-order chi connectivity index (χ1) is 3.89. The second-order valence-corrected chi connectivity index (χ2v) is 1.07. The summed E-state index contributed by atoms with van der Waals surface area (Å²) in [5, 5.41) is 0. The molecule has 0 N–H and O–H groups in total. The van der Waals surface area contributed by atoms with Gasteiger partial charge in [-0.05, 0) is 6.58 Å². The number of hydrogen-bond acceptors (Lipinski definition) is 2. The second kappa shape index (κ2) is 4.50. The van der Waals surface area contributed by atoms with E-state index in [2.05, 4.69) is 6.58 Å². The summed E-state index contributed by atoms with van der Waals surface area (Å²) < 4.78 is 9.47. The molecule has 48 valence electrons. The quantitative estimate of drug-likeness (QED) is 0.478. The van der Waals surface area contributed by atoms with Gasteiger partial charge in [0.05, 0.1) is 0 Å². The summed E-state index contributed by atoms with van der Waals surface area (Å²) in [5.41, 5.74) is 0. The first kappa shape index (κ1) is 7.34. The number of hydrogen-bond donors (Lipinski definition) is 0. The molecular weight excluding hydrogens is 104 g/mol. The minimum absolute atomic E-state index is 0.454. The smallest absolute Gasteiger partial charge is 0.271 e. The highest BCUT2D eigenvalue weighted by Gasteiger charge is 2.01. The third-order valence-electron chi connectivity index (χ3n) is 0.609. The van der Waals surface area contributed by atoms with Crippen LogP contribution in [0, 0.1) is 0 Å². The summed E-state index contributed by atoms with van der Waals surface area (Å²) in [6, 6.07) is 0. The van der Waals surface area contributed by atoms with Crippen molar-refractivity contribution in [2.75, 3.05) is 13.2 Å². The van der Waals surface area contributed by atoms with Crippen LogP contribution in [-0.4, -0.2) is 13.2 Å². The van der Waals surface area contributed by atoms with Crippen molar-refractivity contribution in [2.24, 2.45) is 0 Å². The molecule has 0 aromatic heterocycles. The van der Waals surface area contributed by atoms with E-state index in [1.807, 2.05) is 13.8 Å². The zero-order valence-electron chi connectivity index (χ0n) is 5.44. The zero-order chi connectivity index (χ0) is 6.41. The van der Waals surface area contributed by atoms with Crippen molar-refractivity contribution < 1.29 is 9.47 Å². The summed E-state index contributed by atoms with van der Waals surface area (Å²) in [7, 11) is 0. The lowest BCUT2D eigenvalue weighted by Gasteiger charge is -1.87. The standard InChI is InChI=1S/C4H6O2.C2H6/c1-4-5-2-3-6-4;1-2/h1-3H2;1-2H3. The van der Waals surface area contributed by atoms with Crippen molar-refractivity contribution >= 4 is 0 Å². The van der Waals surface area contributed by atoms with Crippen molar-refractivity contribution in [1.29, 1.82) is 0 Å². The van der Waals surface area contributed by atoms with Crippen molar-refractivity contribution in [3.05, 3.63) is 12.5 Å². The topological polar surface area (TPSA) is 18.5 Å². The van der Waals surface area contributed by atoms with Crippen LogP contribution >= 0.6 is 0 Å². The van der Waals surface area contributed by atoms with Gasteiger partial charge in [0.25, 0.3) is 5.95 Å². The molecule has 0 aromatic carbocycles. The molecule has 2 heteroatoms. The van der Waals surface area contributed by atoms with Crippen LogP contribution in [0.15, 0.2) is 12.5 Å². The average molecular weight is 116 g/mol. The second-order valence-electron chi connectivity index (χ2n) is 1.07. The van der Waals surface area contributed by atoms with Crippen molar-refractivity contribution in [1.82, 2.24) is 0 Å². The minimum Gasteiger partial charge on any atom is -0.462 e. The Labute approximate surface area is 50.1 Å². The Balaban J connectivity index is 0.000000222. The predicted molar refractivity (Wildman–Crippen MR) is 32.4 cm³/mol. The predicted octanol–water partition coefficient (Wildman–Crippen LogP) is 1.53. The first-order valence-electron chi connectivity index (χ1n) is 2.84. The fraction of sp³-hybridized carbons (Fsp3) is 0.667. The van der Waals surface area contributed by atoms with Crippen LogP contribution in [0.25, 0.3) is 0 Å². The molecule has 1 rings (SSSR count). The van der Waals surface area contributed by atoms with Gasteiger partial charge in [-0.2, -0.15) is 0 Å². The Morgan fingerprint density at radius 3 is 1.75 bits per heavy atom. The maximum Gasteiger partial charge on any atom is 0.271 e. The van der Waals surface area contributed by atoms with Gasteiger partial charge in [-0.25, -0.2) is 0 Å². The van der Waals surface area contributed by atoms with Crippen molar-refractivity contribution in [3.8, 4) is 0 Å². The summed E-state index contributed by atoms with van der Waals surface area (Å²) in [6.07, 6.45) is 0. The minimum atomic E-state index is 0.454. The SMILES string of the molecule is C=C1OCCO1.CC. The molecule has 0 bridgehead atoms. The van der Waals surface area contributed by atoms with Gasteiger partial charge in [-0.3, -0.25) is 0 Å². The molecule has 0 radical (unpaired) electrons. The molecule has 1 fully saturated rings. The maximum absolute atomic E-state index is 4.74. The van der Waals surface area contributed by atoms with Gasteiger partial charge in [0.1, 0.15) is 13.2 Å². The van der Waals surface area contributed by atoms with Crippen molar-refractivity contribution in [3.63, 3.8) is 0 Å². The molecule has 0 aromatic rings. The van der Waals surface area contributed by atoms with Crippen LogP contribution in [0.1, 0.15) is 13.8 Å². The molecule has 1 aliphatic rings. The number of rotatable bonds is 0. The van der Waals surface area contributed by atoms with E-state index in [0.717, 1.165) is 0 Å². The normalized spacial score (nSPS) is 15.5. The summed E-state index contributed by atoms with van der Waals surface area (Å²) in [5.74, 6) is 0.454. The molecule has 0 saturated carbocycles. The molecular formula is C6H12O2. The van der Waals surface area contributed by atoms with Crippen molar-refractivity contribution in [2.45, 2.75) is 13.8 Å². The highest BCUT2D eigenvalue weighted by molar-refractivity contribution is 4.71. The zero-order valence-corrected chi connectivity index (χ0v) is 5.44. The lowest BCUT2D eigenvalue weighted by Crippen LogP contribution is -1.79. The van der Waals surface area contributed by atoms with Crippen LogP contribution in [0.5, 0.6) is 0 Å². The Morgan fingerprint density at radius 2 is 1.62 bits per heavy atom. The van der Waals surface area contributed by atoms with E-state index in [1.165, 1.54) is 0 Å². The first-order valence-corrected chi connectivity index (χ1v) is 2.84. The molecule has 1 aliphatic heterocycles. The van der Waals surface area contributed by atoms with Gasteiger partial charge in [0, 0.05) is 0 Å². The molecule has 0 unspecified atom stereocenters. The summed E-state index contributed by atoms with van der Waals surface area (Å²) in [4.78, 5) is 0. The van der Waals surface area contributed by atoms with Crippen LogP contribution < -0.4 is 0 Å². The molecule has 0 amide bonds. The Bertz CT molecular complexity index is 60.9. The van der Waals surface area contributed by atoms with Gasteiger partial charge in [0.15, 0.2) is 0 Å². The highest BCUT2D eigenvalue weighted by Crippen LogP contribution is 2.02. The molecule has 1 heterocycles. The van der Waals surface area contributed by atoms with E-state index in [9.17, 15) is 0 Å². The summed E-state index contributed by atoms with van der Waals surface area (Å²) >= 11 is 0. The average Bonchev–Trinajstić information content (AvgIpc) is 2.24. The molecule has 0 atom stereocenters. The van der Waals surface area contributed by atoms with Crippen LogP contribution in [0.3, 0.4) is 0 Å². The van der Waals surface area contributed by atoms with Gasteiger partial charge in [-0.15, -0.1) is 0 Å².